The van der Waals surface area contributed by atoms with E-state index in [4.69, 9.17) is 0 Å². The molecule has 0 bridgehead atoms. The molecule has 0 heterocycles. The molecule has 0 aliphatic carbocycles. The van der Waals surface area contributed by atoms with Crippen LogP contribution in [0.25, 0.3) is 0 Å². The minimum atomic E-state index is -1.85. The van der Waals surface area contributed by atoms with Crippen molar-refractivity contribution in [2.45, 2.75) is 60.3 Å². The van der Waals surface area contributed by atoms with Gasteiger partial charge >= 0.3 is 0 Å². The normalized spacial score (nSPS) is 13.4. The minimum Gasteiger partial charge on any atom is -0.300 e. The lowest BCUT2D eigenvalue weighted by atomic mass is 10.6. The summed E-state index contributed by atoms with van der Waals surface area (Å²) in [6, 6.07) is 0. The van der Waals surface area contributed by atoms with E-state index in [1.54, 1.807) is 0 Å². The van der Waals surface area contributed by atoms with E-state index in [1.165, 1.54) is 5.67 Å². The predicted molar refractivity (Wildman–Crippen MR) is 107 cm³/mol. The fraction of sp³-hybridized carbons (Fsp3) is 0.882. The molecular weight excluding hydrogens is 302 g/mol. The molecule has 0 aliphatic rings. The molecule has 5 heteroatoms. The molecule has 3 nitrogen and oxygen atoms in total. The summed E-state index contributed by atoms with van der Waals surface area (Å²) in [4.78, 5) is 0. The molecule has 0 unspecified atom stereocenters. The summed E-state index contributed by atoms with van der Waals surface area (Å²) in [5.41, 5.74) is 3.65. The van der Waals surface area contributed by atoms with Crippen LogP contribution in [-0.4, -0.2) is 69.6 Å². The first kappa shape index (κ1) is 22.1. The Hall–Kier alpha value is 0.0538. The topological polar surface area (TPSA) is 9.72 Å². The van der Waals surface area contributed by atoms with Gasteiger partial charge in [-0.25, -0.2) is 0 Å². The van der Waals surface area contributed by atoms with Gasteiger partial charge in [0.25, 0.3) is 8.56 Å². The summed E-state index contributed by atoms with van der Waals surface area (Å²) in [7, 11) is -3.25. The van der Waals surface area contributed by atoms with Gasteiger partial charge in [-0.05, 0) is 44.9 Å². The molecule has 0 aromatic carbocycles. The van der Waals surface area contributed by atoms with Crippen molar-refractivity contribution >= 4 is 16.6 Å². The smallest absolute Gasteiger partial charge is 0.287 e. The van der Waals surface area contributed by atoms with Crippen molar-refractivity contribution in [2.75, 3.05) is 39.3 Å². The van der Waals surface area contributed by atoms with E-state index in [9.17, 15) is 0 Å². The van der Waals surface area contributed by atoms with E-state index >= 15 is 0 Å². The third-order valence-electron chi connectivity index (χ3n) is 5.06. The van der Waals surface area contributed by atoms with Gasteiger partial charge in [-0.1, -0.05) is 54.6 Å². The third-order valence-corrected chi connectivity index (χ3v) is 16.6. The van der Waals surface area contributed by atoms with E-state index in [-0.39, 0.29) is 0 Å². The maximum Gasteiger partial charge on any atom is 0.287 e. The highest BCUT2D eigenvalue weighted by Gasteiger charge is 2.51. The van der Waals surface area contributed by atoms with E-state index in [1.807, 2.05) is 0 Å². The monoisotopic (exact) mass is 343 g/mol. The fourth-order valence-corrected chi connectivity index (χ4v) is 16.2. The lowest BCUT2D eigenvalue weighted by Gasteiger charge is -2.55. The van der Waals surface area contributed by atoms with Crippen LogP contribution in [0.1, 0.15) is 41.5 Å². The molecule has 0 saturated heterocycles. The Labute approximate surface area is 142 Å². The van der Waals surface area contributed by atoms with Gasteiger partial charge < -0.3 is 13.7 Å². The lowest BCUT2D eigenvalue weighted by Crippen LogP contribution is -2.77. The highest BCUT2D eigenvalue weighted by molar-refractivity contribution is 6.95. The van der Waals surface area contributed by atoms with Crippen molar-refractivity contribution in [1.82, 2.24) is 13.7 Å². The summed E-state index contributed by atoms with van der Waals surface area (Å²) >= 11 is 0. The zero-order valence-electron chi connectivity index (χ0n) is 16.6. The van der Waals surface area contributed by atoms with Crippen LogP contribution in [-0.2, 0) is 0 Å². The van der Waals surface area contributed by atoms with Crippen LogP contribution in [0, 0.1) is 0 Å². The summed E-state index contributed by atoms with van der Waals surface area (Å²) in [6.07, 6.45) is 0. The summed E-state index contributed by atoms with van der Waals surface area (Å²) < 4.78 is 8.43. The van der Waals surface area contributed by atoms with Crippen LogP contribution in [0.3, 0.4) is 0 Å². The Kier molecular flexibility index (Phi) is 10.1. The standard InChI is InChI=1S/C17H41N3Si2/c1-10-18(11-2)22(19(12-3)13-4,20(14-5)15-6)17-21(8,9)16-7/h16H,7,10-15,17H2,1-6,8-9H3. The summed E-state index contributed by atoms with van der Waals surface area (Å²) in [5.74, 6) is 0. The van der Waals surface area contributed by atoms with Gasteiger partial charge in [0, 0.05) is 0 Å². The van der Waals surface area contributed by atoms with Crippen molar-refractivity contribution < 1.29 is 0 Å². The molecule has 132 valence electrons. The Morgan fingerprint density at radius 3 is 1.14 bits per heavy atom. The minimum absolute atomic E-state index is 1.15. The van der Waals surface area contributed by atoms with Gasteiger partial charge in [-0.15, -0.1) is 12.3 Å². The lowest BCUT2D eigenvalue weighted by molar-refractivity contribution is 0.265. The molecule has 0 spiro atoms. The van der Waals surface area contributed by atoms with Gasteiger partial charge in [0.05, 0.1) is 8.07 Å². The molecule has 0 amide bonds. The number of hydrogen-bond acceptors (Lipinski definition) is 3. The highest BCUT2D eigenvalue weighted by atomic mass is 28.4. The average Bonchev–Trinajstić information content (AvgIpc) is 2.50. The van der Waals surface area contributed by atoms with Crippen molar-refractivity contribution in [1.29, 1.82) is 0 Å². The number of hydrogen-bond donors (Lipinski definition) is 0. The number of rotatable bonds is 12. The molecule has 0 radical (unpaired) electrons. The molecular formula is C17H41N3Si2. The molecule has 0 fully saturated rings. The maximum atomic E-state index is 4.18. The quantitative estimate of drug-likeness (QED) is 0.497. The van der Waals surface area contributed by atoms with Crippen molar-refractivity contribution in [3.63, 3.8) is 0 Å². The maximum absolute atomic E-state index is 4.18. The largest absolute Gasteiger partial charge is 0.300 e. The first-order valence-electron chi connectivity index (χ1n) is 9.21. The van der Waals surface area contributed by atoms with Crippen molar-refractivity contribution in [3.05, 3.63) is 12.3 Å². The fourth-order valence-electron chi connectivity index (χ4n) is 3.81. The van der Waals surface area contributed by atoms with Gasteiger partial charge in [0.2, 0.25) is 0 Å². The Morgan fingerprint density at radius 2 is 0.955 bits per heavy atom. The average molecular weight is 344 g/mol. The molecule has 0 N–H and O–H groups in total. The van der Waals surface area contributed by atoms with Gasteiger partial charge in [-0.2, -0.15) is 0 Å². The van der Waals surface area contributed by atoms with E-state index in [2.05, 4.69) is 80.6 Å². The SMILES string of the molecule is C=C[Si](C)(C)C[Si](N(CC)CC)(N(CC)CC)N(CC)CC. The van der Waals surface area contributed by atoms with Gasteiger partial charge in [-0.3, -0.25) is 0 Å². The van der Waals surface area contributed by atoms with Gasteiger partial charge in [0.1, 0.15) is 0 Å². The van der Waals surface area contributed by atoms with Crippen LogP contribution >= 0.6 is 0 Å². The number of nitrogens with zero attached hydrogens (tertiary/aromatic N) is 3. The molecule has 0 aliphatic heterocycles. The van der Waals surface area contributed by atoms with Gasteiger partial charge in [0.15, 0.2) is 0 Å². The Balaban J connectivity index is 6.16. The van der Waals surface area contributed by atoms with Crippen LogP contribution in [0.15, 0.2) is 12.3 Å². The Bertz CT molecular complexity index is 278. The Morgan fingerprint density at radius 1 is 0.682 bits per heavy atom. The zero-order chi connectivity index (χ0) is 17.4. The second-order valence-corrected chi connectivity index (χ2v) is 15.9. The first-order chi connectivity index (χ1) is 10.3. The van der Waals surface area contributed by atoms with Crippen molar-refractivity contribution in [2.24, 2.45) is 0 Å². The van der Waals surface area contributed by atoms with Crippen LogP contribution in [0.4, 0.5) is 0 Å². The van der Waals surface area contributed by atoms with E-state index < -0.39 is 16.6 Å². The van der Waals surface area contributed by atoms with Crippen LogP contribution < -0.4 is 0 Å². The zero-order valence-corrected chi connectivity index (χ0v) is 18.6. The van der Waals surface area contributed by atoms with Crippen molar-refractivity contribution in [3.8, 4) is 0 Å². The van der Waals surface area contributed by atoms with Crippen LogP contribution in [0.2, 0.25) is 18.8 Å². The second-order valence-electron chi connectivity index (χ2n) is 6.66. The van der Waals surface area contributed by atoms with E-state index in [0.29, 0.717) is 0 Å². The molecule has 22 heavy (non-hydrogen) atoms. The molecule has 0 aromatic heterocycles. The molecule has 0 rings (SSSR count). The third kappa shape index (κ3) is 4.77. The first-order valence-corrected chi connectivity index (χ1v) is 14.5. The summed E-state index contributed by atoms with van der Waals surface area (Å²) in [6.45, 7) is 30.1. The molecule has 0 saturated carbocycles. The summed E-state index contributed by atoms with van der Waals surface area (Å²) in [5, 5.41) is 0. The highest BCUT2D eigenvalue weighted by Crippen LogP contribution is 2.30. The van der Waals surface area contributed by atoms with E-state index in [0.717, 1.165) is 39.3 Å². The molecule has 0 atom stereocenters. The second kappa shape index (κ2) is 10.0. The molecule has 0 aromatic rings. The predicted octanol–water partition coefficient (Wildman–Crippen LogP) is 3.92. The van der Waals surface area contributed by atoms with Crippen LogP contribution in [0.5, 0.6) is 0 Å².